The highest BCUT2D eigenvalue weighted by Gasteiger charge is 2.24. The van der Waals surface area contributed by atoms with E-state index in [1.807, 2.05) is 0 Å². The van der Waals surface area contributed by atoms with Gasteiger partial charge in [-0.25, -0.2) is 21.6 Å². The third-order valence-electron chi connectivity index (χ3n) is 4.57. The van der Waals surface area contributed by atoms with Crippen LogP contribution < -0.4 is 14.8 Å². The Kier molecular flexibility index (Phi) is 8.41. The van der Waals surface area contributed by atoms with E-state index in [2.05, 4.69) is 10.0 Å². The lowest BCUT2D eigenvalue weighted by molar-refractivity contribution is 0.102. The first-order chi connectivity index (χ1) is 15.0. The second-order valence-electron chi connectivity index (χ2n) is 7.21. The van der Waals surface area contributed by atoms with Gasteiger partial charge in [-0.2, -0.15) is 4.31 Å². The van der Waals surface area contributed by atoms with Crippen molar-refractivity contribution in [1.29, 1.82) is 0 Å². The molecule has 11 heteroatoms. The zero-order chi connectivity index (χ0) is 24.1. The van der Waals surface area contributed by atoms with E-state index in [0.717, 1.165) is 0 Å². The van der Waals surface area contributed by atoms with Gasteiger partial charge in [0.05, 0.1) is 22.5 Å². The molecular formula is C21H29N3O6S2. The van der Waals surface area contributed by atoms with Crippen LogP contribution in [0.1, 0.15) is 38.1 Å². The van der Waals surface area contributed by atoms with Crippen LogP contribution in [0.15, 0.2) is 52.3 Å². The standard InChI is InChI=1S/C21H29N3O6S2/c1-6-24(7-2)32(28,29)18-12-13-20(30-5)19(14-18)21(25)22-16-8-10-17(11-9-16)31(26,27)23-15(3)4/h8-15,23H,6-7H2,1-5H3,(H,22,25). The number of anilines is 1. The van der Waals surface area contributed by atoms with E-state index in [9.17, 15) is 21.6 Å². The van der Waals surface area contributed by atoms with Gasteiger partial charge in [-0.15, -0.1) is 0 Å². The number of benzene rings is 2. The lowest BCUT2D eigenvalue weighted by Crippen LogP contribution is -2.30. The number of hydrogen-bond acceptors (Lipinski definition) is 6. The van der Waals surface area contributed by atoms with Crippen LogP contribution in [-0.2, 0) is 20.0 Å². The molecule has 0 heterocycles. The smallest absolute Gasteiger partial charge is 0.259 e. The maximum atomic E-state index is 12.9. The van der Waals surface area contributed by atoms with Crippen LogP contribution in [0, 0.1) is 0 Å². The summed E-state index contributed by atoms with van der Waals surface area (Å²) in [5.41, 5.74) is 0.386. The molecule has 0 aromatic heterocycles. The molecule has 0 radical (unpaired) electrons. The number of hydrogen-bond donors (Lipinski definition) is 2. The predicted molar refractivity (Wildman–Crippen MR) is 123 cm³/mol. The number of rotatable bonds is 10. The molecule has 0 aliphatic rings. The van der Waals surface area contributed by atoms with Crippen LogP contribution in [-0.4, -0.2) is 53.3 Å². The molecule has 0 bridgehead atoms. The summed E-state index contributed by atoms with van der Waals surface area (Å²) in [4.78, 5) is 12.9. The number of carbonyl (C=O) groups excluding carboxylic acids is 1. The van der Waals surface area contributed by atoms with E-state index in [1.54, 1.807) is 27.7 Å². The Morgan fingerprint density at radius 1 is 0.969 bits per heavy atom. The summed E-state index contributed by atoms with van der Waals surface area (Å²) in [6.45, 7) is 7.50. The fourth-order valence-corrected chi connectivity index (χ4v) is 5.77. The van der Waals surface area contributed by atoms with Crippen LogP contribution in [0.5, 0.6) is 5.75 Å². The van der Waals surface area contributed by atoms with Crippen molar-refractivity contribution in [3.63, 3.8) is 0 Å². The Morgan fingerprint density at radius 3 is 2.03 bits per heavy atom. The molecule has 0 spiro atoms. The molecule has 0 aliphatic heterocycles. The van der Waals surface area contributed by atoms with Crippen molar-refractivity contribution in [3.8, 4) is 5.75 Å². The minimum Gasteiger partial charge on any atom is -0.496 e. The lowest BCUT2D eigenvalue weighted by atomic mass is 10.2. The SMILES string of the molecule is CCN(CC)S(=O)(=O)c1ccc(OC)c(C(=O)Nc2ccc(S(=O)(=O)NC(C)C)cc2)c1. The van der Waals surface area contributed by atoms with E-state index < -0.39 is 26.0 Å². The highest BCUT2D eigenvalue weighted by molar-refractivity contribution is 7.89. The number of sulfonamides is 2. The Morgan fingerprint density at radius 2 is 1.53 bits per heavy atom. The normalized spacial score (nSPS) is 12.2. The molecule has 9 nitrogen and oxygen atoms in total. The van der Waals surface area contributed by atoms with Gasteiger partial charge >= 0.3 is 0 Å². The maximum absolute atomic E-state index is 12.9. The minimum atomic E-state index is -3.76. The summed E-state index contributed by atoms with van der Waals surface area (Å²) in [7, 11) is -6.04. The zero-order valence-corrected chi connectivity index (χ0v) is 20.4. The molecule has 32 heavy (non-hydrogen) atoms. The fourth-order valence-electron chi connectivity index (χ4n) is 3.03. The van der Waals surface area contributed by atoms with Gasteiger partial charge in [0.2, 0.25) is 20.0 Å². The Hall–Kier alpha value is -2.47. The molecule has 2 aromatic rings. The monoisotopic (exact) mass is 483 g/mol. The molecule has 1 amide bonds. The van der Waals surface area contributed by atoms with Gasteiger partial charge in [0.25, 0.3) is 5.91 Å². The molecule has 176 valence electrons. The third-order valence-corrected chi connectivity index (χ3v) is 8.29. The molecular weight excluding hydrogens is 454 g/mol. The molecule has 0 aliphatic carbocycles. The molecule has 2 N–H and O–H groups in total. The van der Waals surface area contributed by atoms with Gasteiger partial charge in [0.1, 0.15) is 5.75 Å². The van der Waals surface area contributed by atoms with E-state index in [0.29, 0.717) is 18.8 Å². The topological polar surface area (TPSA) is 122 Å². The van der Waals surface area contributed by atoms with Crippen molar-refractivity contribution in [2.75, 3.05) is 25.5 Å². The van der Waals surface area contributed by atoms with E-state index in [-0.39, 0.29) is 27.1 Å². The van der Waals surface area contributed by atoms with Crippen LogP contribution in [0.4, 0.5) is 5.69 Å². The summed E-state index contributed by atoms with van der Waals surface area (Å²) >= 11 is 0. The van der Waals surface area contributed by atoms with Crippen molar-refractivity contribution in [2.24, 2.45) is 0 Å². The molecule has 0 atom stereocenters. The number of ether oxygens (including phenoxy) is 1. The van der Waals surface area contributed by atoms with Crippen molar-refractivity contribution < 1.29 is 26.4 Å². The summed E-state index contributed by atoms with van der Waals surface area (Å²) in [6, 6.07) is 9.49. The maximum Gasteiger partial charge on any atom is 0.259 e. The van der Waals surface area contributed by atoms with Crippen molar-refractivity contribution >= 4 is 31.6 Å². The molecule has 0 saturated heterocycles. The van der Waals surface area contributed by atoms with E-state index in [4.69, 9.17) is 4.74 Å². The molecule has 2 rings (SSSR count). The number of carbonyl (C=O) groups is 1. The van der Waals surface area contributed by atoms with Gasteiger partial charge < -0.3 is 10.1 Å². The van der Waals surface area contributed by atoms with Crippen LogP contribution >= 0.6 is 0 Å². The highest BCUT2D eigenvalue weighted by atomic mass is 32.2. The van der Waals surface area contributed by atoms with Gasteiger partial charge in [-0.1, -0.05) is 13.8 Å². The molecule has 0 unspecified atom stereocenters. The first-order valence-electron chi connectivity index (χ1n) is 10.1. The molecule has 0 fully saturated rings. The average Bonchev–Trinajstić information content (AvgIpc) is 2.73. The first kappa shape index (κ1) is 25.8. The Balaban J connectivity index is 2.33. The Bertz CT molecular complexity index is 1160. The van der Waals surface area contributed by atoms with Crippen LogP contribution in [0.2, 0.25) is 0 Å². The van der Waals surface area contributed by atoms with Gasteiger partial charge in [0.15, 0.2) is 0 Å². The fraction of sp³-hybridized carbons (Fsp3) is 0.381. The lowest BCUT2D eigenvalue weighted by Gasteiger charge is -2.19. The van der Waals surface area contributed by atoms with Crippen molar-refractivity contribution in [1.82, 2.24) is 9.03 Å². The van der Waals surface area contributed by atoms with Crippen LogP contribution in [0.3, 0.4) is 0 Å². The third kappa shape index (κ3) is 5.85. The summed E-state index contributed by atoms with van der Waals surface area (Å²) < 4.78 is 59.1. The van der Waals surface area contributed by atoms with Gasteiger partial charge in [-0.3, -0.25) is 4.79 Å². The zero-order valence-electron chi connectivity index (χ0n) is 18.7. The van der Waals surface area contributed by atoms with Crippen LogP contribution in [0.25, 0.3) is 0 Å². The quantitative estimate of drug-likeness (QED) is 0.536. The number of nitrogens with zero attached hydrogens (tertiary/aromatic N) is 1. The second-order valence-corrected chi connectivity index (χ2v) is 10.9. The Labute approximate surface area is 189 Å². The minimum absolute atomic E-state index is 0.0200. The number of amides is 1. The summed E-state index contributed by atoms with van der Waals surface area (Å²) in [5.74, 6) is -0.379. The first-order valence-corrected chi connectivity index (χ1v) is 13.0. The molecule has 0 saturated carbocycles. The molecule has 2 aromatic carbocycles. The average molecular weight is 484 g/mol. The summed E-state index contributed by atoms with van der Waals surface area (Å²) in [6.07, 6.45) is 0. The largest absolute Gasteiger partial charge is 0.496 e. The van der Waals surface area contributed by atoms with Gasteiger partial charge in [-0.05, 0) is 56.3 Å². The van der Waals surface area contributed by atoms with Gasteiger partial charge in [0, 0.05) is 24.8 Å². The number of nitrogens with one attached hydrogen (secondary N) is 2. The second kappa shape index (κ2) is 10.4. The van der Waals surface area contributed by atoms with Crippen molar-refractivity contribution in [2.45, 2.75) is 43.5 Å². The summed E-state index contributed by atoms with van der Waals surface area (Å²) in [5, 5.41) is 2.65. The van der Waals surface area contributed by atoms with E-state index in [1.165, 1.54) is 53.9 Å². The highest BCUT2D eigenvalue weighted by Crippen LogP contribution is 2.26. The number of methoxy groups -OCH3 is 1. The van der Waals surface area contributed by atoms with Crippen molar-refractivity contribution in [3.05, 3.63) is 48.0 Å². The van der Waals surface area contributed by atoms with E-state index >= 15 is 0 Å². The predicted octanol–water partition coefficient (Wildman–Crippen LogP) is 2.66.